The summed E-state index contributed by atoms with van der Waals surface area (Å²) in [7, 11) is -4.67. The number of halogens is 1. The van der Waals surface area contributed by atoms with Gasteiger partial charge in [-0.1, -0.05) is 0 Å². The second-order valence-corrected chi connectivity index (χ2v) is 1.66. The molecule has 0 aromatic heterocycles. The summed E-state index contributed by atoms with van der Waals surface area (Å²) >= 11 is 0. The van der Waals surface area contributed by atoms with Gasteiger partial charge in [0.05, 0.1) is 0 Å². The Labute approximate surface area is 59.7 Å². The van der Waals surface area contributed by atoms with Crippen LogP contribution in [0.15, 0.2) is 0 Å². The van der Waals surface area contributed by atoms with Gasteiger partial charge in [-0.15, -0.1) is 12.4 Å². The Kier molecular flexibility index (Phi) is 14.5. The van der Waals surface area contributed by atoms with Crippen molar-refractivity contribution in [3.8, 4) is 0 Å². The Morgan fingerprint density at radius 2 is 1.33 bits per heavy atom. The van der Waals surface area contributed by atoms with E-state index in [9.17, 15) is 0 Å². The number of hydrogen-bond acceptors (Lipinski definition) is 3. The van der Waals surface area contributed by atoms with Crippen LogP contribution in [0.25, 0.3) is 0 Å². The zero-order chi connectivity index (χ0) is 7.21. The Bertz CT molecular complexity index is 109. The van der Waals surface area contributed by atoms with Gasteiger partial charge in [0.1, 0.15) is 0 Å². The lowest BCUT2D eigenvalue weighted by molar-refractivity contribution is 0.318. The summed E-state index contributed by atoms with van der Waals surface area (Å²) in [6.07, 6.45) is 0. The number of rotatable bonds is 0. The van der Waals surface area contributed by atoms with Gasteiger partial charge in [-0.05, 0) is 6.92 Å². The molecule has 0 saturated heterocycles. The fraction of sp³-hybridized carbons (Fsp3) is 1.00. The monoisotopic (exact) mass is 180 g/mol. The van der Waals surface area contributed by atoms with Crippen LogP contribution in [0.1, 0.15) is 6.92 Å². The van der Waals surface area contributed by atoms with Crippen LogP contribution >= 0.6 is 12.4 Å². The van der Waals surface area contributed by atoms with Gasteiger partial charge in [0.25, 0.3) is 0 Å². The summed E-state index contributed by atoms with van der Waals surface area (Å²) in [6, 6.07) is 0. The highest BCUT2D eigenvalue weighted by Crippen LogP contribution is 1.59. The zero-order valence-electron chi connectivity index (χ0n) is 4.68. The second kappa shape index (κ2) is 8.12. The largest absolute Gasteiger partial charge is 0.397 e. The molecule has 0 bridgehead atoms. The van der Waals surface area contributed by atoms with Crippen LogP contribution in [0.3, 0.4) is 0 Å². The number of hydrogen-bond donors (Lipinski definition) is 3. The predicted octanol–water partition coefficient (Wildman–Crippen LogP) is -0.232. The lowest BCUT2D eigenvalue weighted by Gasteiger charge is -1.68. The second-order valence-electron chi connectivity index (χ2n) is 0.764. The Morgan fingerprint density at radius 1 is 1.33 bits per heavy atom. The topological polar surface area (TPSA) is 94.8 Å². The van der Waals surface area contributed by atoms with Crippen molar-refractivity contribution in [3.05, 3.63) is 0 Å². The molecule has 0 amide bonds. The average molecular weight is 181 g/mol. The van der Waals surface area contributed by atoms with Crippen molar-refractivity contribution in [2.45, 2.75) is 6.92 Å². The highest BCUT2D eigenvalue weighted by Gasteiger charge is 1.84. The van der Waals surface area contributed by atoms with Crippen LogP contribution < -0.4 is 0 Å². The molecule has 3 N–H and O–H groups in total. The number of aliphatic hydroxyl groups excluding tert-OH is 1. The maximum atomic E-state index is 8.74. The molecular weight excluding hydrogens is 172 g/mol. The standard InChI is InChI=1S/C2H6O.ClH.H2O4S/c1-2-3;;1-5(2,3)4/h3H,2H2,1H3;1H;(H2,1,2,3,4). The molecule has 0 heterocycles. The van der Waals surface area contributed by atoms with Gasteiger partial charge >= 0.3 is 10.4 Å². The van der Waals surface area contributed by atoms with E-state index < -0.39 is 10.4 Å². The molecular formula is C2H9ClO5S. The maximum absolute atomic E-state index is 8.74. The third-order valence-electron chi connectivity index (χ3n) is 0. The summed E-state index contributed by atoms with van der Waals surface area (Å²) in [5.74, 6) is 0. The van der Waals surface area contributed by atoms with Crippen molar-refractivity contribution < 1.29 is 22.6 Å². The third-order valence-corrected chi connectivity index (χ3v) is 0. The van der Waals surface area contributed by atoms with Gasteiger partial charge in [0.2, 0.25) is 0 Å². The molecule has 0 radical (unpaired) electrons. The van der Waals surface area contributed by atoms with Gasteiger partial charge in [0.15, 0.2) is 0 Å². The minimum atomic E-state index is -4.67. The van der Waals surface area contributed by atoms with E-state index in [2.05, 4.69) is 0 Å². The van der Waals surface area contributed by atoms with Crippen molar-refractivity contribution in [3.63, 3.8) is 0 Å². The molecule has 7 heteroatoms. The van der Waals surface area contributed by atoms with E-state index >= 15 is 0 Å². The molecule has 0 aliphatic heterocycles. The first-order chi connectivity index (χ1) is 3.41. The molecule has 0 rings (SSSR count). The molecule has 0 aromatic carbocycles. The van der Waals surface area contributed by atoms with Crippen LogP contribution in [0.2, 0.25) is 0 Å². The molecule has 0 saturated carbocycles. The summed E-state index contributed by atoms with van der Waals surface area (Å²) in [6.45, 7) is 1.93. The van der Waals surface area contributed by atoms with Gasteiger partial charge < -0.3 is 5.11 Å². The Balaban J connectivity index is -0.0000000800. The molecule has 9 heavy (non-hydrogen) atoms. The van der Waals surface area contributed by atoms with E-state index in [0.29, 0.717) is 0 Å². The molecule has 60 valence electrons. The van der Waals surface area contributed by atoms with Gasteiger partial charge in [-0.3, -0.25) is 9.11 Å². The van der Waals surface area contributed by atoms with Gasteiger partial charge in [-0.25, -0.2) is 0 Å². The van der Waals surface area contributed by atoms with Gasteiger partial charge in [-0.2, -0.15) is 8.42 Å². The van der Waals surface area contributed by atoms with Crippen LogP contribution in [0.5, 0.6) is 0 Å². The normalized spacial score (nSPS) is 8.44. The minimum absolute atomic E-state index is 0. The number of aliphatic hydroxyl groups is 1. The zero-order valence-corrected chi connectivity index (χ0v) is 6.31. The fourth-order valence-corrected chi connectivity index (χ4v) is 0. The molecule has 0 atom stereocenters. The highest BCUT2D eigenvalue weighted by atomic mass is 35.5. The molecule has 0 spiro atoms. The molecule has 0 aliphatic rings. The van der Waals surface area contributed by atoms with E-state index in [1.165, 1.54) is 0 Å². The molecule has 0 unspecified atom stereocenters. The van der Waals surface area contributed by atoms with E-state index in [0.717, 1.165) is 0 Å². The Hall–Kier alpha value is 0.120. The predicted molar refractivity (Wildman–Crippen MR) is 34.2 cm³/mol. The summed E-state index contributed by atoms with van der Waals surface area (Å²) in [4.78, 5) is 0. The molecule has 0 aliphatic carbocycles. The van der Waals surface area contributed by atoms with Crippen molar-refractivity contribution >= 4 is 22.8 Å². The molecule has 0 fully saturated rings. The Morgan fingerprint density at radius 3 is 1.33 bits per heavy atom. The van der Waals surface area contributed by atoms with Crippen molar-refractivity contribution in [2.75, 3.05) is 6.61 Å². The van der Waals surface area contributed by atoms with Crippen LogP contribution in [-0.4, -0.2) is 29.2 Å². The third kappa shape index (κ3) is 21100. The van der Waals surface area contributed by atoms with E-state index in [1.807, 2.05) is 0 Å². The first kappa shape index (κ1) is 16.1. The quantitative estimate of drug-likeness (QED) is 0.448. The summed E-state index contributed by atoms with van der Waals surface area (Å²) < 4.78 is 31.6. The summed E-state index contributed by atoms with van der Waals surface area (Å²) in [5.41, 5.74) is 0. The maximum Gasteiger partial charge on any atom is 0.394 e. The van der Waals surface area contributed by atoms with Crippen molar-refractivity contribution in [1.82, 2.24) is 0 Å². The fourth-order valence-electron chi connectivity index (χ4n) is 0. The van der Waals surface area contributed by atoms with Crippen LogP contribution in [0, 0.1) is 0 Å². The molecule has 5 nitrogen and oxygen atoms in total. The van der Waals surface area contributed by atoms with E-state index in [1.54, 1.807) is 6.92 Å². The smallest absolute Gasteiger partial charge is 0.394 e. The summed E-state index contributed by atoms with van der Waals surface area (Å²) in [5, 5.41) is 7.57. The van der Waals surface area contributed by atoms with Crippen LogP contribution in [0.4, 0.5) is 0 Å². The SMILES string of the molecule is CCO.Cl.O=S(=O)(O)O. The lowest BCUT2D eigenvalue weighted by Crippen LogP contribution is -1.89. The lowest BCUT2D eigenvalue weighted by atomic mass is 10.9. The van der Waals surface area contributed by atoms with E-state index in [-0.39, 0.29) is 19.0 Å². The highest BCUT2D eigenvalue weighted by molar-refractivity contribution is 7.79. The van der Waals surface area contributed by atoms with E-state index in [4.69, 9.17) is 22.6 Å². The van der Waals surface area contributed by atoms with Crippen molar-refractivity contribution in [2.24, 2.45) is 0 Å². The van der Waals surface area contributed by atoms with Crippen LogP contribution in [-0.2, 0) is 10.4 Å². The van der Waals surface area contributed by atoms with Gasteiger partial charge in [0, 0.05) is 6.61 Å². The average Bonchev–Trinajstić information content (AvgIpc) is 1.27. The molecule has 0 aromatic rings. The van der Waals surface area contributed by atoms with Crippen molar-refractivity contribution in [1.29, 1.82) is 0 Å². The first-order valence-corrected chi connectivity index (χ1v) is 3.12. The minimum Gasteiger partial charge on any atom is -0.397 e. The first-order valence-electron chi connectivity index (χ1n) is 1.72.